The molecule has 2 atom stereocenters. The Labute approximate surface area is 242 Å². The van der Waals surface area contributed by atoms with Crippen LogP contribution in [0.1, 0.15) is 65.0 Å². The molecule has 0 aliphatic heterocycles. The number of halogens is 2. The number of rotatable bonds is 10. The Hall–Kier alpha value is -4.73. The van der Waals surface area contributed by atoms with Crippen molar-refractivity contribution in [3.63, 3.8) is 0 Å². The zero-order chi connectivity index (χ0) is 30.6. The standard InChI is InChI=1S/C32H32F2N4O4/c1-5-6-24(37-32(42)25-8-7-20-9-10-35-16-27(20)36-25)31(41)38-26(15-28(39)40)22-13-21(14-23(33)30(22)34)29-18(3)11-17(2)12-19(29)4/h7-14,16,24,26H,5-6,15H2,1-4H3,(H,37,42)(H,38,41)(H,39,40)/t24-,26?/m0/s1. The summed E-state index contributed by atoms with van der Waals surface area (Å²) in [5.74, 6) is -5.08. The van der Waals surface area contributed by atoms with E-state index in [2.05, 4.69) is 20.6 Å². The van der Waals surface area contributed by atoms with E-state index < -0.39 is 47.9 Å². The van der Waals surface area contributed by atoms with Gasteiger partial charge in [-0.3, -0.25) is 19.4 Å². The quantitative estimate of drug-likeness (QED) is 0.222. The van der Waals surface area contributed by atoms with Gasteiger partial charge < -0.3 is 15.7 Å². The van der Waals surface area contributed by atoms with Crippen LogP contribution in [0.15, 0.2) is 54.9 Å². The van der Waals surface area contributed by atoms with Gasteiger partial charge in [-0.15, -0.1) is 0 Å². The highest BCUT2D eigenvalue weighted by atomic mass is 19.2. The largest absolute Gasteiger partial charge is 0.481 e. The lowest BCUT2D eigenvalue weighted by Gasteiger charge is -2.24. The Bertz CT molecular complexity index is 1650. The van der Waals surface area contributed by atoms with Crippen molar-refractivity contribution >= 4 is 28.7 Å². The molecule has 0 saturated carbocycles. The van der Waals surface area contributed by atoms with Crippen molar-refractivity contribution in [1.82, 2.24) is 20.6 Å². The highest BCUT2D eigenvalue weighted by Crippen LogP contribution is 2.33. The van der Waals surface area contributed by atoms with E-state index >= 15 is 4.39 Å². The first kappa shape index (κ1) is 30.2. The zero-order valence-electron chi connectivity index (χ0n) is 23.8. The van der Waals surface area contributed by atoms with Crippen LogP contribution in [0.2, 0.25) is 0 Å². The predicted molar refractivity (Wildman–Crippen MR) is 155 cm³/mol. The average Bonchev–Trinajstić information content (AvgIpc) is 2.93. The summed E-state index contributed by atoms with van der Waals surface area (Å²) in [6, 6.07) is 8.76. The van der Waals surface area contributed by atoms with Crippen molar-refractivity contribution < 1.29 is 28.3 Å². The molecule has 0 bridgehead atoms. The molecular weight excluding hydrogens is 542 g/mol. The maximum atomic E-state index is 15.2. The summed E-state index contributed by atoms with van der Waals surface area (Å²) < 4.78 is 30.2. The van der Waals surface area contributed by atoms with Crippen molar-refractivity contribution in [3.8, 4) is 11.1 Å². The smallest absolute Gasteiger partial charge is 0.305 e. The van der Waals surface area contributed by atoms with E-state index in [1.807, 2.05) is 39.8 Å². The SMILES string of the molecule is CCC[C@H](NC(=O)c1ccc2ccncc2n1)C(=O)NC(CC(=O)O)c1cc(-c2c(C)cc(C)cc2C)cc(F)c1F. The lowest BCUT2D eigenvalue weighted by molar-refractivity contribution is -0.137. The number of nitrogens with one attached hydrogen (secondary N) is 2. The predicted octanol–water partition coefficient (Wildman–Crippen LogP) is 5.73. The van der Waals surface area contributed by atoms with Gasteiger partial charge in [-0.1, -0.05) is 37.1 Å². The van der Waals surface area contributed by atoms with Gasteiger partial charge in [0.1, 0.15) is 11.7 Å². The molecule has 0 spiro atoms. The number of carbonyl (C=O) groups is 3. The number of aryl methyl sites for hydroxylation is 3. The molecule has 3 N–H and O–H groups in total. The minimum absolute atomic E-state index is 0.0659. The number of aliphatic carboxylic acids is 1. The third-order valence-electron chi connectivity index (χ3n) is 7.02. The summed E-state index contributed by atoms with van der Waals surface area (Å²) in [6.45, 7) is 7.45. The van der Waals surface area contributed by atoms with Crippen LogP contribution in [-0.2, 0) is 9.59 Å². The molecule has 8 nitrogen and oxygen atoms in total. The Morgan fingerprint density at radius 2 is 1.69 bits per heavy atom. The Morgan fingerprint density at radius 3 is 2.36 bits per heavy atom. The summed E-state index contributed by atoms with van der Waals surface area (Å²) in [4.78, 5) is 46.5. The van der Waals surface area contributed by atoms with Crippen molar-refractivity contribution in [2.24, 2.45) is 0 Å². The van der Waals surface area contributed by atoms with Crippen molar-refractivity contribution in [3.05, 3.63) is 94.4 Å². The number of carboxylic acids is 1. The average molecular weight is 575 g/mol. The number of nitrogens with zero attached hydrogens (tertiary/aromatic N) is 2. The first-order chi connectivity index (χ1) is 20.0. The molecular formula is C32H32F2N4O4. The Kier molecular flexibility index (Phi) is 9.25. The van der Waals surface area contributed by atoms with Gasteiger partial charge in [0.15, 0.2) is 11.6 Å². The molecule has 0 aliphatic rings. The Morgan fingerprint density at radius 1 is 0.976 bits per heavy atom. The summed E-state index contributed by atoms with van der Waals surface area (Å²) in [5, 5.41) is 15.6. The number of benzene rings is 2. The van der Waals surface area contributed by atoms with Crippen LogP contribution >= 0.6 is 0 Å². The molecule has 0 saturated heterocycles. The summed E-state index contributed by atoms with van der Waals surface area (Å²) in [5.41, 5.74) is 4.00. The highest BCUT2D eigenvalue weighted by molar-refractivity contribution is 5.97. The van der Waals surface area contributed by atoms with Gasteiger partial charge in [-0.2, -0.15) is 0 Å². The second kappa shape index (κ2) is 12.8. The van der Waals surface area contributed by atoms with Crippen LogP contribution in [0.5, 0.6) is 0 Å². The number of hydrogen-bond acceptors (Lipinski definition) is 5. The maximum Gasteiger partial charge on any atom is 0.305 e. The fraction of sp³-hybridized carbons (Fsp3) is 0.281. The van der Waals surface area contributed by atoms with Gasteiger partial charge in [-0.25, -0.2) is 13.8 Å². The normalized spacial score (nSPS) is 12.5. The van der Waals surface area contributed by atoms with Crippen LogP contribution in [0.25, 0.3) is 22.0 Å². The van der Waals surface area contributed by atoms with Gasteiger partial charge in [-0.05, 0) is 73.7 Å². The minimum atomic E-state index is -1.41. The Balaban J connectivity index is 1.65. The van der Waals surface area contributed by atoms with Crippen LogP contribution in [0.3, 0.4) is 0 Å². The molecule has 10 heteroatoms. The molecule has 4 rings (SSSR count). The van der Waals surface area contributed by atoms with Gasteiger partial charge >= 0.3 is 5.97 Å². The lowest BCUT2D eigenvalue weighted by Crippen LogP contribution is -2.48. The third-order valence-corrected chi connectivity index (χ3v) is 7.02. The maximum absolute atomic E-state index is 15.2. The van der Waals surface area contributed by atoms with Crippen LogP contribution in [0, 0.1) is 32.4 Å². The van der Waals surface area contributed by atoms with Crippen LogP contribution in [0.4, 0.5) is 8.78 Å². The first-order valence-electron chi connectivity index (χ1n) is 13.6. The topological polar surface area (TPSA) is 121 Å². The summed E-state index contributed by atoms with van der Waals surface area (Å²) in [7, 11) is 0. The molecule has 2 amide bonds. The number of amides is 2. The van der Waals surface area contributed by atoms with E-state index in [1.54, 1.807) is 18.3 Å². The molecule has 218 valence electrons. The fourth-order valence-electron chi connectivity index (χ4n) is 5.21. The summed E-state index contributed by atoms with van der Waals surface area (Å²) >= 11 is 0. The van der Waals surface area contributed by atoms with Gasteiger partial charge in [0.2, 0.25) is 5.91 Å². The van der Waals surface area contributed by atoms with Crippen molar-refractivity contribution in [2.45, 2.75) is 59.0 Å². The molecule has 0 aliphatic carbocycles. The number of fused-ring (bicyclic) bond motifs is 1. The van der Waals surface area contributed by atoms with E-state index in [0.29, 0.717) is 23.1 Å². The van der Waals surface area contributed by atoms with E-state index in [9.17, 15) is 23.9 Å². The minimum Gasteiger partial charge on any atom is -0.481 e. The molecule has 2 aromatic heterocycles. The highest BCUT2D eigenvalue weighted by Gasteiger charge is 2.29. The zero-order valence-corrected chi connectivity index (χ0v) is 23.8. The van der Waals surface area contributed by atoms with Crippen LogP contribution in [-0.4, -0.2) is 38.9 Å². The van der Waals surface area contributed by atoms with Gasteiger partial charge in [0.05, 0.1) is 24.2 Å². The van der Waals surface area contributed by atoms with E-state index in [4.69, 9.17) is 0 Å². The molecule has 1 unspecified atom stereocenters. The number of aromatic nitrogens is 2. The number of carbonyl (C=O) groups excluding carboxylic acids is 2. The lowest BCUT2D eigenvalue weighted by atomic mass is 9.91. The van der Waals surface area contributed by atoms with Crippen molar-refractivity contribution in [2.75, 3.05) is 0 Å². The van der Waals surface area contributed by atoms with Gasteiger partial charge in [0.25, 0.3) is 5.91 Å². The van der Waals surface area contributed by atoms with E-state index in [-0.39, 0.29) is 17.7 Å². The molecule has 2 aromatic carbocycles. The van der Waals surface area contributed by atoms with E-state index in [1.165, 1.54) is 18.3 Å². The number of hydrogen-bond donors (Lipinski definition) is 3. The number of carboxylic acid groups (broad SMARTS) is 1. The molecule has 42 heavy (non-hydrogen) atoms. The van der Waals surface area contributed by atoms with E-state index in [0.717, 1.165) is 28.1 Å². The van der Waals surface area contributed by atoms with Gasteiger partial charge in [0, 0.05) is 17.1 Å². The molecule has 4 aromatic rings. The van der Waals surface area contributed by atoms with Crippen LogP contribution < -0.4 is 10.6 Å². The monoisotopic (exact) mass is 574 g/mol. The van der Waals surface area contributed by atoms with Crippen molar-refractivity contribution in [1.29, 1.82) is 0 Å². The molecule has 0 radical (unpaired) electrons. The number of pyridine rings is 2. The second-order valence-corrected chi connectivity index (χ2v) is 10.4. The first-order valence-corrected chi connectivity index (χ1v) is 13.6. The fourth-order valence-corrected chi connectivity index (χ4v) is 5.21. The molecule has 2 heterocycles. The summed E-state index contributed by atoms with van der Waals surface area (Å²) in [6.07, 6.45) is 3.13. The third kappa shape index (κ3) is 6.76. The second-order valence-electron chi connectivity index (χ2n) is 10.4. The molecule has 0 fully saturated rings.